The number of para-hydroxylation sites is 1. The van der Waals surface area contributed by atoms with Gasteiger partial charge in [-0.2, -0.15) is 0 Å². The molecular weight excluding hydrogens is 739 g/mol. The number of hydrogen-bond donors (Lipinski definition) is 8. The topological polar surface area (TPSA) is 239 Å². The summed E-state index contributed by atoms with van der Waals surface area (Å²) in [7, 11) is 0. The van der Waals surface area contributed by atoms with Gasteiger partial charge in [-0.15, -0.1) is 0 Å². The Balaban J connectivity index is 1.50. The van der Waals surface area contributed by atoms with Crippen LogP contribution in [-0.2, 0) is 35.2 Å². The molecule has 310 valence electrons. The van der Waals surface area contributed by atoms with Gasteiger partial charge in [0.15, 0.2) is 5.96 Å². The van der Waals surface area contributed by atoms with E-state index in [0.717, 1.165) is 11.3 Å². The third-order valence-corrected chi connectivity index (χ3v) is 10.1. The molecule has 2 atom stereocenters. The van der Waals surface area contributed by atoms with Crippen molar-refractivity contribution in [3.8, 4) is 0 Å². The van der Waals surface area contributed by atoms with Gasteiger partial charge in [-0.05, 0) is 80.5 Å². The molecule has 15 heteroatoms. The molecule has 15 nitrogen and oxygen atoms in total. The summed E-state index contributed by atoms with van der Waals surface area (Å²) in [6, 6.07) is 26.4. The molecule has 3 aromatic rings. The van der Waals surface area contributed by atoms with Crippen LogP contribution < -0.4 is 43.4 Å². The summed E-state index contributed by atoms with van der Waals surface area (Å²) in [5.41, 5.74) is 12.7. The Morgan fingerprint density at radius 3 is 2.02 bits per heavy atom. The number of guanidine groups is 1. The van der Waals surface area contributed by atoms with Crippen molar-refractivity contribution < 1.29 is 28.8 Å². The molecule has 1 aliphatic rings. The Bertz CT molecular complexity index is 1830. The molecule has 1 fully saturated rings. The lowest BCUT2D eigenvalue weighted by Gasteiger charge is -2.40. The van der Waals surface area contributed by atoms with E-state index in [-0.39, 0.29) is 37.0 Å². The van der Waals surface area contributed by atoms with Crippen molar-refractivity contribution in [1.82, 2.24) is 26.6 Å². The maximum Gasteiger partial charge on any atom is 0.246 e. The summed E-state index contributed by atoms with van der Waals surface area (Å²) >= 11 is 0. The van der Waals surface area contributed by atoms with E-state index in [2.05, 4.69) is 49.0 Å². The number of hydrogen-bond acceptors (Lipinski definition) is 7. The fourth-order valence-electron chi connectivity index (χ4n) is 6.94. The Kier molecular flexibility index (Phi) is 17.7. The quantitative estimate of drug-likeness (QED) is 0.0452. The fraction of sp³-hybridized carbons (Fsp3) is 0.419. The number of carbonyl (C=O) groups is 6. The lowest BCUT2D eigenvalue weighted by Crippen LogP contribution is -2.64. The number of nitrogens with one attached hydrogen (secondary N) is 6. The van der Waals surface area contributed by atoms with Crippen molar-refractivity contribution in [3.05, 3.63) is 102 Å². The predicted octanol–water partition coefficient (Wildman–Crippen LogP) is 2.53. The normalized spacial score (nSPS) is 17.5. The second-order valence-corrected chi connectivity index (χ2v) is 14.6. The first-order chi connectivity index (χ1) is 28.0. The van der Waals surface area contributed by atoms with Crippen LogP contribution in [0.15, 0.2) is 96.0 Å². The van der Waals surface area contributed by atoms with Crippen molar-refractivity contribution in [2.75, 3.05) is 25.0 Å². The van der Waals surface area contributed by atoms with Gasteiger partial charge in [-0.1, -0.05) is 85.8 Å². The molecule has 0 bridgehead atoms. The van der Waals surface area contributed by atoms with E-state index in [0.29, 0.717) is 51.5 Å². The minimum absolute atomic E-state index is 0.107. The summed E-state index contributed by atoms with van der Waals surface area (Å²) in [4.78, 5) is 83.1. The minimum Gasteiger partial charge on any atom is -0.370 e. The third-order valence-electron chi connectivity index (χ3n) is 10.1. The van der Waals surface area contributed by atoms with E-state index in [1.54, 1.807) is 0 Å². The first-order valence-electron chi connectivity index (χ1n) is 19.9. The number of rotatable bonds is 21. The molecule has 0 aliphatic heterocycles. The van der Waals surface area contributed by atoms with Crippen LogP contribution in [-0.4, -0.2) is 78.7 Å². The molecule has 6 amide bonds. The number of carbonyl (C=O) groups excluding carboxylic acids is 6. The number of unbranched alkanes of at least 4 members (excludes halogenated alkanes) is 1. The van der Waals surface area contributed by atoms with E-state index in [4.69, 9.17) is 11.5 Å². The maximum atomic E-state index is 14.4. The number of benzene rings is 3. The summed E-state index contributed by atoms with van der Waals surface area (Å²) in [6.07, 6.45) is 4.18. The Labute approximate surface area is 340 Å². The van der Waals surface area contributed by atoms with Gasteiger partial charge in [0.05, 0.1) is 13.1 Å². The van der Waals surface area contributed by atoms with Crippen LogP contribution in [0.25, 0.3) is 0 Å². The highest BCUT2D eigenvalue weighted by Crippen LogP contribution is 2.38. The summed E-state index contributed by atoms with van der Waals surface area (Å²) in [5, 5.41) is 16.7. The number of primary amides is 1. The van der Waals surface area contributed by atoms with Gasteiger partial charge in [0.25, 0.3) is 0 Å². The average Bonchev–Trinajstić information content (AvgIpc) is 3.22. The SMILES string of the molecule is CCCC(=O)NC1(C(=O)NC(Cc2ccccc2)C(=O)NC(CCCCN=C(N)Nc2ccccc2)C(=O)NCC(=O)NCC(N)=O)CCC(c2ccccc2)CC1. The van der Waals surface area contributed by atoms with Crippen LogP contribution >= 0.6 is 0 Å². The first kappa shape index (κ1) is 44.5. The third kappa shape index (κ3) is 14.7. The van der Waals surface area contributed by atoms with Crippen LogP contribution in [0.2, 0.25) is 0 Å². The lowest BCUT2D eigenvalue weighted by molar-refractivity contribution is -0.138. The molecule has 0 aromatic heterocycles. The van der Waals surface area contributed by atoms with Crippen LogP contribution in [0, 0.1) is 0 Å². The van der Waals surface area contributed by atoms with E-state index in [1.165, 1.54) is 5.56 Å². The molecule has 4 rings (SSSR count). The molecule has 0 saturated heterocycles. The van der Waals surface area contributed by atoms with E-state index in [9.17, 15) is 28.8 Å². The maximum absolute atomic E-state index is 14.4. The molecule has 10 N–H and O–H groups in total. The summed E-state index contributed by atoms with van der Waals surface area (Å²) < 4.78 is 0. The largest absolute Gasteiger partial charge is 0.370 e. The minimum atomic E-state index is -1.24. The van der Waals surface area contributed by atoms with Gasteiger partial charge in [0.1, 0.15) is 17.6 Å². The lowest BCUT2D eigenvalue weighted by atomic mass is 9.73. The van der Waals surface area contributed by atoms with Crippen molar-refractivity contribution in [2.45, 2.75) is 94.7 Å². The Hall–Kier alpha value is -6.25. The first-order valence-corrected chi connectivity index (χ1v) is 19.9. The predicted molar refractivity (Wildman–Crippen MR) is 223 cm³/mol. The highest BCUT2D eigenvalue weighted by molar-refractivity contribution is 5.97. The van der Waals surface area contributed by atoms with E-state index < -0.39 is 60.2 Å². The van der Waals surface area contributed by atoms with E-state index in [1.807, 2.05) is 85.8 Å². The number of nitrogens with zero attached hydrogens (tertiary/aromatic N) is 1. The standard InChI is InChI=1S/C43H57N9O6/c1-2-14-37(54)52-43(24-22-32(23-25-43)31-17-8-4-9-18-31)41(58)51-35(27-30-15-6-3-7-16-30)40(57)50-34(39(56)48-29-38(55)47-28-36(44)53)21-12-13-26-46-42(45)49-33-19-10-5-11-20-33/h3-11,15-20,32,34-35H,2,12-14,21-29H2,1H3,(H2,44,53)(H,47,55)(H,48,56)(H,50,57)(H,51,58)(H,52,54)(H3,45,46,49). The van der Waals surface area contributed by atoms with Crippen molar-refractivity contribution in [2.24, 2.45) is 16.5 Å². The van der Waals surface area contributed by atoms with Crippen LogP contribution in [0.1, 0.15) is 81.8 Å². The molecule has 1 aliphatic carbocycles. The molecular formula is C43H57N9O6. The Morgan fingerprint density at radius 2 is 1.38 bits per heavy atom. The van der Waals surface area contributed by atoms with Crippen molar-refractivity contribution in [3.63, 3.8) is 0 Å². The van der Waals surface area contributed by atoms with Crippen molar-refractivity contribution >= 4 is 47.1 Å². The molecule has 0 heterocycles. The number of nitrogens with two attached hydrogens (primary N) is 2. The summed E-state index contributed by atoms with van der Waals surface area (Å²) in [5.74, 6) is -2.89. The second kappa shape index (κ2) is 23.1. The van der Waals surface area contributed by atoms with Gasteiger partial charge < -0.3 is 43.4 Å². The van der Waals surface area contributed by atoms with E-state index >= 15 is 0 Å². The van der Waals surface area contributed by atoms with Gasteiger partial charge in [0, 0.05) is 25.1 Å². The molecule has 3 aromatic carbocycles. The van der Waals surface area contributed by atoms with Gasteiger partial charge in [0.2, 0.25) is 35.4 Å². The van der Waals surface area contributed by atoms with Crippen LogP contribution in [0.5, 0.6) is 0 Å². The number of aliphatic imine (C=N–C) groups is 1. The van der Waals surface area contributed by atoms with Gasteiger partial charge in [-0.25, -0.2) is 0 Å². The molecule has 0 radical (unpaired) electrons. The van der Waals surface area contributed by atoms with Gasteiger partial charge in [-0.3, -0.25) is 33.8 Å². The molecule has 2 unspecified atom stereocenters. The van der Waals surface area contributed by atoms with Crippen LogP contribution in [0.3, 0.4) is 0 Å². The fourth-order valence-corrected chi connectivity index (χ4v) is 6.94. The smallest absolute Gasteiger partial charge is 0.246 e. The zero-order chi connectivity index (χ0) is 41.8. The number of anilines is 1. The zero-order valence-electron chi connectivity index (χ0n) is 33.1. The molecule has 0 spiro atoms. The van der Waals surface area contributed by atoms with Crippen LogP contribution in [0.4, 0.5) is 5.69 Å². The Morgan fingerprint density at radius 1 is 0.741 bits per heavy atom. The monoisotopic (exact) mass is 795 g/mol. The number of amides is 6. The van der Waals surface area contributed by atoms with Gasteiger partial charge >= 0.3 is 0 Å². The second-order valence-electron chi connectivity index (χ2n) is 14.6. The summed E-state index contributed by atoms with van der Waals surface area (Å²) in [6.45, 7) is 1.38. The zero-order valence-corrected chi connectivity index (χ0v) is 33.1. The van der Waals surface area contributed by atoms with Crippen molar-refractivity contribution in [1.29, 1.82) is 0 Å². The molecule has 58 heavy (non-hydrogen) atoms. The highest BCUT2D eigenvalue weighted by atomic mass is 16.2. The highest BCUT2D eigenvalue weighted by Gasteiger charge is 2.44. The molecule has 1 saturated carbocycles. The average molecular weight is 796 g/mol.